The lowest BCUT2D eigenvalue weighted by molar-refractivity contribution is -0.137. The lowest BCUT2D eigenvalue weighted by Gasteiger charge is -2.18. The maximum absolute atomic E-state index is 10.7. The van der Waals surface area contributed by atoms with Crippen LogP contribution in [0.1, 0.15) is 25.7 Å². The number of nitrogens with two attached hydrogens (primary N) is 2. The number of nitrogens with zero attached hydrogens (tertiary/aromatic N) is 1. The first-order valence-corrected chi connectivity index (χ1v) is 5.42. The molecule has 0 heterocycles. The fourth-order valence-corrected chi connectivity index (χ4v) is 1.44. The molecule has 0 unspecified atom stereocenters. The van der Waals surface area contributed by atoms with E-state index in [4.69, 9.17) is 16.6 Å². The number of unbranched alkanes of at least 4 members (excludes halogenated alkanes) is 2. The van der Waals surface area contributed by atoms with E-state index in [0.29, 0.717) is 19.4 Å². The number of hydrogen-bond acceptors (Lipinski definition) is 4. The van der Waals surface area contributed by atoms with Crippen LogP contribution >= 0.6 is 0 Å². The Morgan fingerprint density at radius 2 is 1.47 bits per heavy atom. The third-order valence-corrected chi connectivity index (χ3v) is 2.12. The van der Waals surface area contributed by atoms with Crippen LogP contribution in [0.4, 0.5) is 0 Å². The molecule has 2 amide bonds. The van der Waals surface area contributed by atoms with Crippen molar-refractivity contribution in [3.05, 3.63) is 0 Å². The van der Waals surface area contributed by atoms with E-state index in [9.17, 15) is 14.4 Å². The second-order valence-electron chi connectivity index (χ2n) is 3.85. The Labute approximate surface area is 99.7 Å². The first-order valence-electron chi connectivity index (χ1n) is 5.42. The number of amides is 2. The molecule has 98 valence electrons. The average molecular weight is 245 g/mol. The zero-order valence-electron chi connectivity index (χ0n) is 9.72. The minimum absolute atomic E-state index is 0.0120. The Balaban J connectivity index is 3.79. The molecule has 0 aromatic rings. The van der Waals surface area contributed by atoms with E-state index in [1.165, 1.54) is 0 Å². The molecule has 0 saturated heterocycles. The van der Waals surface area contributed by atoms with Crippen molar-refractivity contribution in [3.63, 3.8) is 0 Å². The molecule has 7 nitrogen and oxygen atoms in total. The van der Waals surface area contributed by atoms with Gasteiger partial charge in [0, 0.05) is 6.42 Å². The van der Waals surface area contributed by atoms with Gasteiger partial charge in [-0.1, -0.05) is 6.42 Å². The van der Waals surface area contributed by atoms with Crippen LogP contribution in [0.15, 0.2) is 0 Å². The van der Waals surface area contributed by atoms with Crippen molar-refractivity contribution in [2.45, 2.75) is 25.7 Å². The van der Waals surface area contributed by atoms with Crippen LogP contribution in [-0.4, -0.2) is 47.4 Å². The molecule has 0 fully saturated rings. The van der Waals surface area contributed by atoms with Crippen molar-refractivity contribution < 1.29 is 19.5 Å². The lowest BCUT2D eigenvalue weighted by Crippen LogP contribution is -2.40. The van der Waals surface area contributed by atoms with E-state index in [1.54, 1.807) is 4.90 Å². The second kappa shape index (κ2) is 8.51. The van der Waals surface area contributed by atoms with Gasteiger partial charge in [-0.3, -0.25) is 19.3 Å². The molecule has 0 atom stereocenters. The molecule has 5 N–H and O–H groups in total. The van der Waals surface area contributed by atoms with Crippen molar-refractivity contribution in [1.29, 1.82) is 0 Å². The normalized spacial score (nSPS) is 10.4. The Morgan fingerprint density at radius 1 is 0.941 bits per heavy atom. The highest BCUT2D eigenvalue weighted by Gasteiger charge is 2.10. The van der Waals surface area contributed by atoms with Gasteiger partial charge in [0.25, 0.3) is 0 Å². The van der Waals surface area contributed by atoms with Crippen molar-refractivity contribution in [1.82, 2.24) is 4.90 Å². The number of carboxylic acids is 1. The maximum atomic E-state index is 10.7. The van der Waals surface area contributed by atoms with E-state index in [-0.39, 0.29) is 19.5 Å². The SMILES string of the molecule is NC(=O)CN(CCCCCC(=O)O)CC(N)=O. The summed E-state index contributed by atoms with van der Waals surface area (Å²) in [6.45, 7) is 0.481. The van der Waals surface area contributed by atoms with Crippen LogP contribution in [-0.2, 0) is 14.4 Å². The van der Waals surface area contributed by atoms with Crippen LogP contribution in [0.25, 0.3) is 0 Å². The Kier molecular flexibility index (Phi) is 7.70. The highest BCUT2D eigenvalue weighted by molar-refractivity contribution is 5.79. The Morgan fingerprint density at radius 3 is 1.88 bits per heavy atom. The smallest absolute Gasteiger partial charge is 0.303 e. The summed E-state index contributed by atoms with van der Waals surface area (Å²) in [7, 11) is 0. The average Bonchev–Trinajstić information content (AvgIpc) is 2.14. The van der Waals surface area contributed by atoms with Gasteiger partial charge < -0.3 is 16.6 Å². The number of carboxylic acid groups (broad SMARTS) is 1. The predicted molar refractivity (Wildman–Crippen MR) is 60.9 cm³/mol. The molecule has 0 aliphatic rings. The van der Waals surface area contributed by atoms with Crippen LogP contribution in [0, 0.1) is 0 Å². The van der Waals surface area contributed by atoms with Crippen molar-refractivity contribution >= 4 is 17.8 Å². The quantitative estimate of drug-likeness (QED) is 0.421. The summed E-state index contributed by atoms with van der Waals surface area (Å²) in [6.07, 6.45) is 2.14. The fourth-order valence-electron chi connectivity index (χ4n) is 1.44. The summed E-state index contributed by atoms with van der Waals surface area (Å²) in [5.41, 5.74) is 10.1. The number of carbonyl (C=O) groups is 3. The molecule has 0 aliphatic heterocycles. The third kappa shape index (κ3) is 10.6. The van der Waals surface area contributed by atoms with Crippen LogP contribution in [0.2, 0.25) is 0 Å². The summed E-state index contributed by atoms with van der Waals surface area (Å²) in [5.74, 6) is -1.86. The van der Waals surface area contributed by atoms with Gasteiger partial charge in [0.2, 0.25) is 11.8 Å². The molecule has 7 heteroatoms. The van der Waals surface area contributed by atoms with Crippen LogP contribution in [0.5, 0.6) is 0 Å². The zero-order valence-corrected chi connectivity index (χ0v) is 9.72. The summed E-state index contributed by atoms with van der Waals surface area (Å²) in [6, 6.07) is 0. The molecule has 17 heavy (non-hydrogen) atoms. The molecule has 0 spiro atoms. The Hall–Kier alpha value is -1.63. The molecule has 0 radical (unpaired) electrons. The van der Waals surface area contributed by atoms with Gasteiger partial charge in [-0.05, 0) is 19.4 Å². The number of carbonyl (C=O) groups excluding carboxylic acids is 2. The first kappa shape index (κ1) is 15.4. The van der Waals surface area contributed by atoms with Crippen LogP contribution in [0.3, 0.4) is 0 Å². The molecule has 0 aliphatic carbocycles. The molecule has 0 aromatic heterocycles. The minimum atomic E-state index is -0.823. The largest absolute Gasteiger partial charge is 0.481 e. The van der Waals surface area contributed by atoms with Gasteiger partial charge >= 0.3 is 5.97 Å². The van der Waals surface area contributed by atoms with E-state index < -0.39 is 17.8 Å². The molecular formula is C10H19N3O4. The summed E-state index contributed by atoms with van der Waals surface area (Å²) < 4.78 is 0. The van der Waals surface area contributed by atoms with Gasteiger partial charge in [-0.15, -0.1) is 0 Å². The van der Waals surface area contributed by atoms with Gasteiger partial charge in [-0.25, -0.2) is 0 Å². The fraction of sp³-hybridized carbons (Fsp3) is 0.700. The highest BCUT2D eigenvalue weighted by atomic mass is 16.4. The van der Waals surface area contributed by atoms with E-state index in [1.807, 2.05) is 0 Å². The minimum Gasteiger partial charge on any atom is -0.481 e. The summed E-state index contributed by atoms with van der Waals surface area (Å²) >= 11 is 0. The maximum Gasteiger partial charge on any atom is 0.303 e. The topological polar surface area (TPSA) is 127 Å². The van der Waals surface area contributed by atoms with E-state index >= 15 is 0 Å². The number of aliphatic carboxylic acids is 1. The van der Waals surface area contributed by atoms with Crippen molar-refractivity contribution in [3.8, 4) is 0 Å². The van der Waals surface area contributed by atoms with Gasteiger partial charge in [-0.2, -0.15) is 0 Å². The summed E-state index contributed by atoms with van der Waals surface area (Å²) in [5, 5.41) is 8.43. The van der Waals surface area contributed by atoms with Crippen molar-refractivity contribution in [2.24, 2.45) is 11.5 Å². The van der Waals surface area contributed by atoms with Gasteiger partial charge in [0.05, 0.1) is 13.1 Å². The highest BCUT2D eigenvalue weighted by Crippen LogP contribution is 2.01. The predicted octanol–water partition coefficient (Wildman–Crippen LogP) is -1.10. The Bertz CT molecular complexity index is 265. The molecular weight excluding hydrogens is 226 g/mol. The first-order chi connectivity index (χ1) is 7.91. The third-order valence-electron chi connectivity index (χ3n) is 2.12. The van der Waals surface area contributed by atoms with Gasteiger partial charge in [0.15, 0.2) is 0 Å². The zero-order chi connectivity index (χ0) is 13.3. The lowest BCUT2D eigenvalue weighted by atomic mass is 10.2. The van der Waals surface area contributed by atoms with E-state index in [2.05, 4.69) is 0 Å². The van der Waals surface area contributed by atoms with Gasteiger partial charge in [0.1, 0.15) is 0 Å². The van der Waals surface area contributed by atoms with E-state index in [0.717, 1.165) is 6.42 Å². The number of hydrogen-bond donors (Lipinski definition) is 3. The molecule has 0 aromatic carbocycles. The molecule has 0 saturated carbocycles. The monoisotopic (exact) mass is 245 g/mol. The van der Waals surface area contributed by atoms with Crippen molar-refractivity contribution in [2.75, 3.05) is 19.6 Å². The summed E-state index contributed by atoms with van der Waals surface area (Å²) in [4.78, 5) is 33.3. The molecule has 0 rings (SSSR count). The number of rotatable bonds is 10. The second-order valence-corrected chi connectivity index (χ2v) is 3.85. The standard InChI is InChI=1S/C10H19N3O4/c11-8(14)6-13(7-9(12)15)5-3-1-2-4-10(16)17/h1-7H2,(H2,11,14)(H2,12,15)(H,16,17). The van der Waals surface area contributed by atoms with Crippen LogP contribution < -0.4 is 11.5 Å². The molecule has 0 bridgehead atoms. The number of primary amides is 2.